The summed E-state index contributed by atoms with van der Waals surface area (Å²) in [5.74, 6) is -2.10. The van der Waals surface area contributed by atoms with Crippen LogP contribution < -0.4 is 5.46 Å². The number of methoxy groups -OCH3 is 1. The second kappa shape index (κ2) is 8.58. The zero-order chi connectivity index (χ0) is 24.0. The van der Waals surface area contributed by atoms with Crippen molar-refractivity contribution in [3.05, 3.63) is 53.6 Å². The van der Waals surface area contributed by atoms with E-state index in [1.165, 1.54) is 13.2 Å². The van der Waals surface area contributed by atoms with Crippen molar-refractivity contribution in [3.8, 4) is 11.3 Å². The average molecular weight is 455 g/mol. The number of esters is 1. The van der Waals surface area contributed by atoms with E-state index in [-0.39, 0.29) is 12.4 Å². The Hall–Kier alpha value is -2.71. The van der Waals surface area contributed by atoms with Gasteiger partial charge in [0.2, 0.25) is 0 Å². The fraction of sp³-hybridized carbons (Fsp3) is 0.400. The molecule has 1 fully saturated rings. The minimum atomic E-state index is -0.912. The number of benzene rings is 2. The third kappa shape index (κ3) is 4.42. The first kappa shape index (κ1) is 23.5. The van der Waals surface area contributed by atoms with Gasteiger partial charge in [-0.2, -0.15) is 0 Å². The summed E-state index contributed by atoms with van der Waals surface area (Å²) in [4.78, 5) is 15.0. The average Bonchev–Trinajstić information content (AvgIpc) is 3.22. The van der Waals surface area contributed by atoms with E-state index in [2.05, 4.69) is 4.98 Å². The van der Waals surface area contributed by atoms with Gasteiger partial charge in [0, 0.05) is 28.6 Å². The van der Waals surface area contributed by atoms with Gasteiger partial charge in [0.1, 0.15) is 0 Å². The van der Waals surface area contributed by atoms with E-state index in [1.54, 1.807) is 6.07 Å². The summed E-state index contributed by atoms with van der Waals surface area (Å²) in [5, 5.41) is 0.923. The lowest BCUT2D eigenvalue weighted by molar-refractivity contribution is -0.140. The number of rotatable bonds is 6. The van der Waals surface area contributed by atoms with Crippen molar-refractivity contribution in [2.75, 3.05) is 7.11 Å². The van der Waals surface area contributed by atoms with Crippen molar-refractivity contribution in [1.82, 2.24) is 4.98 Å². The molecule has 0 unspecified atom stereocenters. The molecule has 1 aromatic heterocycles. The van der Waals surface area contributed by atoms with Crippen molar-refractivity contribution >= 4 is 29.5 Å². The van der Waals surface area contributed by atoms with E-state index in [9.17, 15) is 13.6 Å². The molecule has 1 saturated heterocycles. The predicted octanol–water partition coefficient (Wildman–Crippen LogP) is 4.91. The molecule has 0 aliphatic carbocycles. The summed E-state index contributed by atoms with van der Waals surface area (Å²) in [6, 6.07) is 9.72. The number of aromatic nitrogens is 1. The zero-order valence-corrected chi connectivity index (χ0v) is 19.6. The Morgan fingerprint density at radius 1 is 1.03 bits per heavy atom. The molecular formula is C25H28BF2NO4. The number of H-pyrrole nitrogens is 1. The summed E-state index contributed by atoms with van der Waals surface area (Å²) < 4.78 is 44.7. The highest BCUT2D eigenvalue weighted by Gasteiger charge is 2.51. The van der Waals surface area contributed by atoms with E-state index < -0.39 is 30.0 Å². The number of aryl methyl sites for hydroxylation is 1. The quantitative estimate of drug-likeness (QED) is 0.424. The van der Waals surface area contributed by atoms with Crippen LogP contribution in [0.5, 0.6) is 0 Å². The third-order valence-corrected chi connectivity index (χ3v) is 6.70. The van der Waals surface area contributed by atoms with Gasteiger partial charge in [0.25, 0.3) is 0 Å². The van der Waals surface area contributed by atoms with Crippen LogP contribution in [0.2, 0.25) is 0 Å². The highest BCUT2D eigenvalue weighted by atomic mass is 19.2. The Kier molecular flexibility index (Phi) is 6.10. The molecule has 174 valence electrons. The highest BCUT2D eigenvalue weighted by Crippen LogP contribution is 2.37. The van der Waals surface area contributed by atoms with Crippen LogP contribution in [0.25, 0.3) is 22.2 Å². The standard InChI is InChI=1S/C25H28BF2NO4/c1-24(2)25(3,4)33-26(32-24)16-10-12-21-18(14-16)17(7-6-8-22(30)31-5)23(29-21)15-9-11-19(27)20(28)13-15/h9-14,29H,6-8H2,1-5H3. The van der Waals surface area contributed by atoms with Crippen LogP contribution in [-0.2, 0) is 25.3 Å². The molecule has 2 heterocycles. The summed E-state index contributed by atoms with van der Waals surface area (Å²) in [5.41, 5.74) is 2.93. The molecule has 0 atom stereocenters. The number of hydrogen-bond donors (Lipinski definition) is 1. The van der Waals surface area contributed by atoms with Crippen LogP contribution in [0.4, 0.5) is 8.78 Å². The van der Waals surface area contributed by atoms with Crippen LogP contribution in [0.1, 0.15) is 46.1 Å². The van der Waals surface area contributed by atoms with Gasteiger partial charge in [0.15, 0.2) is 11.6 Å². The molecule has 0 spiro atoms. The number of nitrogens with one attached hydrogen (secondary N) is 1. The molecule has 8 heteroatoms. The number of halogens is 2. The SMILES string of the molecule is COC(=O)CCCc1c(-c2ccc(F)c(F)c2)[nH]c2ccc(B3OC(C)(C)C(C)(C)O3)cc12. The van der Waals surface area contributed by atoms with Gasteiger partial charge in [-0.25, -0.2) is 8.78 Å². The van der Waals surface area contributed by atoms with E-state index in [1.807, 2.05) is 45.9 Å². The Morgan fingerprint density at radius 2 is 1.73 bits per heavy atom. The summed E-state index contributed by atoms with van der Waals surface area (Å²) in [6.07, 6.45) is 1.37. The lowest BCUT2D eigenvalue weighted by Gasteiger charge is -2.32. The Balaban J connectivity index is 1.76. The second-order valence-corrected chi connectivity index (χ2v) is 9.43. The minimum Gasteiger partial charge on any atom is -0.469 e. The molecule has 0 radical (unpaired) electrons. The Bertz CT molecular complexity index is 1190. The number of aromatic amines is 1. The lowest BCUT2D eigenvalue weighted by atomic mass is 9.78. The van der Waals surface area contributed by atoms with E-state index in [0.717, 1.165) is 28.0 Å². The Morgan fingerprint density at radius 3 is 2.36 bits per heavy atom. The van der Waals surface area contributed by atoms with Crippen LogP contribution in [-0.4, -0.2) is 36.4 Å². The van der Waals surface area contributed by atoms with Crippen molar-refractivity contribution in [1.29, 1.82) is 0 Å². The lowest BCUT2D eigenvalue weighted by Crippen LogP contribution is -2.41. The number of ether oxygens (including phenoxy) is 1. The monoisotopic (exact) mass is 455 g/mol. The molecule has 4 rings (SSSR count). The molecule has 33 heavy (non-hydrogen) atoms. The van der Waals surface area contributed by atoms with Gasteiger partial charge in [-0.15, -0.1) is 0 Å². The highest BCUT2D eigenvalue weighted by molar-refractivity contribution is 6.62. The molecular weight excluding hydrogens is 427 g/mol. The van der Waals surface area contributed by atoms with E-state index in [0.29, 0.717) is 24.1 Å². The molecule has 0 amide bonds. The van der Waals surface area contributed by atoms with Gasteiger partial charge in [-0.1, -0.05) is 12.1 Å². The number of fused-ring (bicyclic) bond motifs is 1. The molecule has 0 bridgehead atoms. The molecule has 1 aliphatic heterocycles. The third-order valence-electron chi connectivity index (χ3n) is 6.70. The van der Waals surface area contributed by atoms with Crippen LogP contribution in [0.3, 0.4) is 0 Å². The fourth-order valence-corrected chi connectivity index (χ4v) is 4.06. The number of carbonyl (C=O) groups is 1. The van der Waals surface area contributed by atoms with Gasteiger partial charge in [0.05, 0.1) is 18.3 Å². The normalized spacial score (nSPS) is 17.0. The van der Waals surface area contributed by atoms with E-state index >= 15 is 0 Å². The molecule has 0 saturated carbocycles. The first-order chi connectivity index (χ1) is 15.5. The second-order valence-electron chi connectivity index (χ2n) is 9.43. The van der Waals surface area contributed by atoms with Crippen LogP contribution in [0.15, 0.2) is 36.4 Å². The molecule has 5 nitrogen and oxygen atoms in total. The van der Waals surface area contributed by atoms with Gasteiger partial charge < -0.3 is 19.0 Å². The maximum Gasteiger partial charge on any atom is 0.494 e. The maximum absolute atomic E-state index is 14.0. The van der Waals surface area contributed by atoms with Crippen LogP contribution in [0, 0.1) is 11.6 Å². The topological polar surface area (TPSA) is 60.6 Å². The smallest absolute Gasteiger partial charge is 0.469 e. The van der Waals surface area contributed by atoms with Gasteiger partial charge in [-0.3, -0.25) is 4.79 Å². The summed E-state index contributed by atoms with van der Waals surface area (Å²) in [7, 11) is 0.835. The van der Waals surface area contributed by atoms with Crippen molar-refractivity contribution in [3.63, 3.8) is 0 Å². The zero-order valence-electron chi connectivity index (χ0n) is 19.6. The van der Waals surface area contributed by atoms with Crippen molar-refractivity contribution in [2.24, 2.45) is 0 Å². The van der Waals surface area contributed by atoms with E-state index in [4.69, 9.17) is 14.0 Å². The van der Waals surface area contributed by atoms with Crippen molar-refractivity contribution in [2.45, 2.75) is 58.2 Å². The number of carbonyl (C=O) groups excluding carboxylic acids is 1. The number of hydrogen-bond acceptors (Lipinski definition) is 4. The maximum atomic E-state index is 14.0. The first-order valence-corrected chi connectivity index (χ1v) is 11.0. The molecule has 1 N–H and O–H groups in total. The Labute approximate surface area is 192 Å². The summed E-state index contributed by atoms with van der Waals surface area (Å²) >= 11 is 0. The molecule has 1 aliphatic rings. The first-order valence-electron chi connectivity index (χ1n) is 11.0. The molecule has 2 aromatic carbocycles. The minimum absolute atomic E-state index is 0.261. The molecule has 3 aromatic rings. The predicted molar refractivity (Wildman–Crippen MR) is 124 cm³/mol. The fourth-order valence-electron chi connectivity index (χ4n) is 4.06. The van der Waals surface area contributed by atoms with Gasteiger partial charge >= 0.3 is 13.1 Å². The van der Waals surface area contributed by atoms with Gasteiger partial charge in [-0.05, 0) is 75.8 Å². The summed E-state index contributed by atoms with van der Waals surface area (Å²) in [6.45, 7) is 8.00. The largest absolute Gasteiger partial charge is 0.494 e. The van der Waals surface area contributed by atoms with Crippen LogP contribution >= 0.6 is 0 Å². The van der Waals surface area contributed by atoms with Crippen molar-refractivity contribution < 1.29 is 27.6 Å².